The van der Waals surface area contributed by atoms with Crippen molar-refractivity contribution < 1.29 is 9.13 Å². The van der Waals surface area contributed by atoms with E-state index in [0.717, 1.165) is 26.3 Å². The number of hydrogen-bond donors (Lipinski definition) is 2. The lowest BCUT2D eigenvalue weighted by Gasteiger charge is -2.11. The summed E-state index contributed by atoms with van der Waals surface area (Å²) in [6.07, 6.45) is 1.52. The van der Waals surface area contributed by atoms with Gasteiger partial charge < -0.3 is 15.4 Å². The summed E-state index contributed by atoms with van der Waals surface area (Å²) in [5, 5.41) is 7.02. The zero-order valence-corrected chi connectivity index (χ0v) is 19.7. The van der Waals surface area contributed by atoms with Gasteiger partial charge in [-0.3, -0.25) is 0 Å². The van der Waals surface area contributed by atoms with Crippen LogP contribution in [-0.4, -0.2) is 22.6 Å². The summed E-state index contributed by atoms with van der Waals surface area (Å²) >= 11 is 7.95. The quantitative estimate of drug-likeness (QED) is 0.310. The molecule has 0 aliphatic rings. The standard InChI is InChI=1S/C25H22ClFN4OS/c1-16(2)28-10-4-7-20-13-22-24(33-20)25(30-15-29-22)31-19-8-9-23(21(26)12-19)32-14-17-5-3-6-18(27)11-17/h3,5-6,8-9,11-13,15-16,28H,10,14H2,1-2H3,(H,29,30,31). The van der Waals surface area contributed by atoms with Gasteiger partial charge in [-0.2, -0.15) is 0 Å². The molecule has 0 spiro atoms. The van der Waals surface area contributed by atoms with Crippen molar-refractivity contribution in [2.45, 2.75) is 26.5 Å². The molecule has 0 fully saturated rings. The molecule has 0 saturated carbocycles. The predicted octanol–water partition coefficient (Wildman–Crippen LogP) is 6.16. The minimum Gasteiger partial charge on any atom is -0.487 e. The number of fused-ring (bicyclic) bond motifs is 1. The second kappa shape index (κ2) is 10.6. The lowest BCUT2D eigenvalue weighted by molar-refractivity contribution is 0.306. The van der Waals surface area contributed by atoms with E-state index >= 15 is 0 Å². The summed E-state index contributed by atoms with van der Waals surface area (Å²) in [6, 6.07) is 14.0. The third-order valence-electron chi connectivity index (χ3n) is 4.60. The Morgan fingerprint density at radius 1 is 1.15 bits per heavy atom. The maximum Gasteiger partial charge on any atom is 0.151 e. The number of rotatable bonds is 7. The molecule has 0 saturated heterocycles. The molecule has 2 aromatic carbocycles. The minimum atomic E-state index is -0.298. The molecule has 0 bridgehead atoms. The van der Waals surface area contributed by atoms with Crippen LogP contribution in [0, 0.1) is 17.7 Å². The Labute approximate surface area is 201 Å². The molecule has 0 atom stereocenters. The van der Waals surface area contributed by atoms with Crippen molar-refractivity contribution >= 4 is 44.7 Å². The van der Waals surface area contributed by atoms with Crippen LogP contribution in [0.2, 0.25) is 5.02 Å². The number of nitrogens with zero attached hydrogens (tertiary/aromatic N) is 2. The van der Waals surface area contributed by atoms with Crippen molar-refractivity contribution in [3.8, 4) is 17.6 Å². The Kier molecular flexibility index (Phi) is 7.40. The molecule has 0 aliphatic carbocycles. The molecule has 0 unspecified atom stereocenters. The van der Waals surface area contributed by atoms with Crippen LogP contribution in [0.1, 0.15) is 24.3 Å². The van der Waals surface area contributed by atoms with E-state index in [1.165, 1.54) is 29.8 Å². The van der Waals surface area contributed by atoms with Crippen molar-refractivity contribution in [1.29, 1.82) is 0 Å². The smallest absolute Gasteiger partial charge is 0.151 e. The van der Waals surface area contributed by atoms with Crippen LogP contribution in [0.15, 0.2) is 54.9 Å². The topological polar surface area (TPSA) is 59.1 Å². The summed E-state index contributed by atoms with van der Waals surface area (Å²) in [5.74, 6) is 7.21. The molecule has 33 heavy (non-hydrogen) atoms. The first-order valence-electron chi connectivity index (χ1n) is 10.4. The van der Waals surface area contributed by atoms with E-state index in [2.05, 4.69) is 46.3 Å². The molecule has 0 aliphatic heterocycles. The zero-order valence-electron chi connectivity index (χ0n) is 18.2. The molecule has 0 radical (unpaired) electrons. The fourth-order valence-electron chi connectivity index (χ4n) is 3.01. The predicted molar refractivity (Wildman–Crippen MR) is 133 cm³/mol. The summed E-state index contributed by atoms with van der Waals surface area (Å²) in [4.78, 5) is 9.67. The number of halogens is 2. The summed E-state index contributed by atoms with van der Waals surface area (Å²) in [5.41, 5.74) is 2.33. The van der Waals surface area contributed by atoms with Crippen LogP contribution >= 0.6 is 22.9 Å². The van der Waals surface area contributed by atoms with Crippen LogP contribution < -0.4 is 15.4 Å². The number of thiophene rings is 1. The molecule has 2 N–H and O–H groups in total. The lowest BCUT2D eigenvalue weighted by Crippen LogP contribution is -2.22. The molecule has 5 nitrogen and oxygen atoms in total. The fraction of sp³-hybridized carbons (Fsp3) is 0.200. The monoisotopic (exact) mass is 480 g/mol. The highest BCUT2D eigenvalue weighted by Gasteiger charge is 2.10. The molecule has 168 valence electrons. The van der Waals surface area contributed by atoms with E-state index in [-0.39, 0.29) is 12.4 Å². The molecule has 8 heteroatoms. The Morgan fingerprint density at radius 2 is 2.03 bits per heavy atom. The van der Waals surface area contributed by atoms with Gasteiger partial charge >= 0.3 is 0 Å². The maximum atomic E-state index is 13.3. The third-order valence-corrected chi connectivity index (χ3v) is 5.94. The Morgan fingerprint density at radius 3 is 2.82 bits per heavy atom. The van der Waals surface area contributed by atoms with Crippen molar-refractivity contribution in [1.82, 2.24) is 15.3 Å². The van der Waals surface area contributed by atoms with Gasteiger partial charge in [0.1, 0.15) is 24.5 Å². The first kappa shape index (κ1) is 23.0. The molecule has 4 rings (SSSR count). The molecule has 2 heterocycles. The van der Waals surface area contributed by atoms with E-state index in [1.54, 1.807) is 24.3 Å². The van der Waals surface area contributed by atoms with Crippen molar-refractivity contribution in [2.24, 2.45) is 0 Å². The van der Waals surface area contributed by atoms with Crippen LogP contribution in [0.5, 0.6) is 5.75 Å². The van der Waals surface area contributed by atoms with Gasteiger partial charge in [0.15, 0.2) is 5.82 Å². The van der Waals surface area contributed by atoms with Crippen LogP contribution in [-0.2, 0) is 6.61 Å². The van der Waals surface area contributed by atoms with Crippen LogP contribution in [0.3, 0.4) is 0 Å². The normalized spacial score (nSPS) is 10.8. The van der Waals surface area contributed by atoms with Gasteiger partial charge in [0.2, 0.25) is 0 Å². The third kappa shape index (κ3) is 6.20. The largest absolute Gasteiger partial charge is 0.487 e. The zero-order chi connectivity index (χ0) is 23.2. The second-order valence-electron chi connectivity index (χ2n) is 7.57. The number of anilines is 2. The van der Waals surface area contributed by atoms with Gasteiger partial charge in [-0.05, 0) is 55.8 Å². The van der Waals surface area contributed by atoms with Crippen LogP contribution in [0.4, 0.5) is 15.9 Å². The SMILES string of the molecule is CC(C)NCC#Cc1cc2ncnc(Nc3ccc(OCc4cccc(F)c4)c(Cl)c3)c2s1. The Hall–Kier alpha value is -3.18. The van der Waals surface area contributed by atoms with Gasteiger partial charge in [-0.25, -0.2) is 14.4 Å². The van der Waals surface area contributed by atoms with Crippen molar-refractivity contribution in [3.05, 3.63) is 76.1 Å². The summed E-state index contributed by atoms with van der Waals surface area (Å²) < 4.78 is 20.0. The number of ether oxygens (including phenoxy) is 1. The van der Waals surface area contributed by atoms with E-state index in [1.807, 2.05) is 12.1 Å². The first-order valence-corrected chi connectivity index (χ1v) is 11.6. The van der Waals surface area contributed by atoms with Gasteiger partial charge in [0.25, 0.3) is 0 Å². The molecule has 4 aromatic rings. The average Bonchev–Trinajstić information content (AvgIpc) is 3.20. The van der Waals surface area contributed by atoms with Gasteiger partial charge in [-0.15, -0.1) is 11.3 Å². The average molecular weight is 481 g/mol. The summed E-state index contributed by atoms with van der Waals surface area (Å²) in [6.45, 7) is 5.03. The molecular formula is C25H22ClFN4OS. The second-order valence-corrected chi connectivity index (χ2v) is 9.03. The summed E-state index contributed by atoms with van der Waals surface area (Å²) in [7, 11) is 0. The molecule has 2 aromatic heterocycles. The van der Waals surface area contributed by atoms with Gasteiger partial charge in [-0.1, -0.05) is 35.6 Å². The Balaban J connectivity index is 1.47. The molecular weight excluding hydrogens is 459 g/mol. The fourth-order valence-corrected chi connectivity index (χ4v) is 4.18. The van der Waals surface area contributed by atoms with Crippen molar-refractivity contribution in [2.75, 3.05) is 11.9 Å². The first-order chi connectivity index (χ1) is 16.0. The van der Waals surface area contributed by atoms with Crippen molar-refractivity contribution in [3.63, 3.8) is 0 Å². The van der Waals surface area contributed by atoms with E-state index in [9.17, 15) is 4.39 Å². The number of hydrogen-bond acceptors (Lipinski definition) is 6. The Bertz CT molecular complexity index is 1330. The van der Waals surface area contributed by atoms with E-state index < -0.39 is 0 Å². The number of aromatic nitrogens is 2. The van der Waals surface area contributed by atoms with Crippen LogP contribution in [0.25, 0.3) is 10.2 Å². The number of benzene rings is 2. The highest BCUT2D eigenvalue weighted by atomic mass is 35.5. The minimum absolute atomic E-state index is 0.225. The molecule has 0 amide bonds. The van der Waals surface area contributed by atoms with Gasteiger partial charge in [0, 0.05) is 11.7 Å². The van der Waals surface area contributed by atoms with E-state index in [0.29, 0.717) is 29.2 Å². The number of nitrogens with one attached hydrogen (secondary N) is 2. The van der Waals surface area contributed by atoms with E-state index in [4.69, 9.17) is 16.3 Å². The highest BCUT2D eigenvalue weighted by Crippen LogP contribution is 2.33. The highest BCUT2D eigenvalue weighted by molar-refractivity contribution is 7.20. The van der Waals surface area contributed by atoms with Gasteiger partial charge in [0.05, 0.1) is 26.7 Å². The maximum absolute atomic E-state index is 13.3. The lowest BCUT2D eigenvalue weighted by atomic mass is 10.2.